The number of nitrogens with zero attached hydrogens (tertiary/aromatic N) is 2. The summed E-state index contributed by atoms with van der Waals surface area (Å²) in [6.45, 7) is 4.29. The molecule has 0 aliphatic carbocycles. The highest BCUT2D eigenvalue weighted by atomic mass is 19.3. The van der Waals surface area contributed by atoms with Gasteiger partial charge >= 0.3 is 5.97 Å². The van der Waals surface area contributed by atoms with Gasteiger partial charge in [-0.25, -0.2) is 8.78 Å². The van der Waals surface area contributed by atoms with Crippen molar-refractivity contribution in [3.05, 3.63) is 0 Å². The third-order valence-corrected chi connectivity index (χ3v) is 4.14. The minimum Gasteiger partial charge on any atom is -0.481 e. The van der Waals surface area contributed by atoms with Crippen molar-refractivity contribution in [1.29, 1.82) is 0 Å². The minimum absolute atomic E-state index is 0.00306. The zero-order valence-electron chi connectivity index (χ0n) is 13.7. The van der Waals surface area contributed by atoms with E-state index in [2.05, 4.69) is 0 Å². The SMILES string of the molecule is CC(C)N(C)C(=O)C1CCN(C(=O)CC(F)(F)CC(=O)O)CC1. The molecule has 0 unspecified atom stereocenters. The summed E-state index contributed by atoms with van der Waals surface area (Å²) >= 11 is 0. The molecule has 1 N–H and O–H groups in total. The van der Waals surface area contributed by atoms with Crippen LogP contribution in [0, 0.1) is 5.92 Å². The maximum Gasteiger partial charge on any atom is 0.309 e. The molecule has 1 aliphatic heterocycles. The first kappa shape index (κ1) is 19.3. The molecule has 0 atom stereocenters. The van der Waals surface area contributed by atoms with E-state index in [-0.39, 0.29) is 31.0 Å². The number of rotatable bonds is 6. The van der Waals surface area contributed by atoms with Gasteiger partial charge in [-0.3, -0.25) is 14.4 Å². The number of carbonyl (C=O) groups is 3. The lowest BCUT2D eigenvalue weighted by Crippen LogP contribution is -2.46. The third-order valence-electron chi connectivity index (χ3n) is 4.14. The average Bonchev–Trinajstić information content (AvgIpc) is 2.43. The number of likely N-dealkylation sites (tertiary alicyclic amines) is 1. The smallest absolute Gasteiger partial charge is 0.309 e. The van der Waals surface area contributed by atoms with Crippen LogP contribution in [0.5, 0.6) is 0 Å². The lowest BCUT2D eigenvalue weighted by atomic mass is 9.94. The molecule has 1 rings (SSSR count). The van der Waals surface area contributed by atoms with Gasteiger partial charge in [0.2, 0.25) is 11.8 Å². The van der Waals surface area contributed by atoms with Crippen molar-refractivity contribution in [3.63, 3.8) is 0 Å². The molecule has 1 fully saturated rings. The van der Waals surface area contributed by atoms with Gasteiger partial charge < -0.3 is 14.9 Å². The van der Waals surface area contributed by atoms with E-state index >= 15 is 0 Å². The van der Waals surface area contributed by atoms with Crippen LogP contribution in [0.15, 0.2) is 0 Å². The zero-order valence-corrected chi connectivity index (χ0v) is 13.7. The van der Waals surface area contributed by atoms with Gasteiger partial charge in [0.25, 0.3) is 5.92 Å². The first-order valence-electron chi connectivity index (χ1n) is 7.67. The van der Waals surface area contributed by atoms with Crippen molar-refractivity contribution >= 4 is 17.8 Å². The fourth-order valence-corrected chi connectivity index (χ4v) is 2.54. The van der Waals surface area contributed by atoms with E-state index in [0.29, 0.717) is 12.8 Å². The Morgan fingerprint density at radius 1 is 1.22 bits per heavy atom. The van der Waals surface area contributed by atoms with Gasteiger partial charge in [-0.1, -0.05) is 0 Å². The number of carboxylic acids is 1. The van der Waals surface area contributed by atoms with Crippen LogP contribution >= 0.6 is 0 Å². The quantitative estimate of drug-likeness (QED) is 0.800. The van der Waals surface area contributed by atoms with Gasteiger partial charge in [-0.05, 0) is 26.7 Å². The Morgan fingerprint density at radius 3 is 2.17 bits per heavy atom. The van der Waals surface area contributed by atoms with Gasteiger partial charge in [0.15, 0.2) is 0 Å². The van der Waals surface area contributed by atoms with Gasteiger partial charge in [-0.2, -0.15) is 0 Å². The van der Waals surface area contributed by atoms with E-state index in [4.69, 9.17) is 5.11 Å². The standard InChI is InChI=1S/C15H24F2N2O4/c1-10(2)18(3)14(23)11-4-6-19(7-5-11)12(20)8-15(16,17)9-13(21)22/h10-11H,4-9H2,1-3H3,(H,21,22). The number of halogens is 2. The molecule has 0 aromatic heterocycles. The Hall–Kier alpha value is -1.73. The molecule has 23 heavy (non-hydrogen) atoms. The Kier molecular flexibility index (Phi) is 6.47. The van der Waals surface area contributed by atoms with Crippen LogP contribution in [0.3, 0.4) is 0 Å². The molecule has 0 aromatic carbocycles. The van der Waals surface area contributed by atoms with Crippen molar-refractivity contribution in [3.8, 4) is 0 Å². The second-order valence-electron chi connectivity index (χ2n) is 6.30. The topological polar surface area (TPSA) is 77.9 Å². The summed E-state index contributed by atoms with van der Waals surface area (Å²) < 4.78 is 26.8. The van der Waals surface area contributed by atoms with E-state index < -0.39 is 30.6 Å². The van der Waals surface area contributed by atoms with E-state index in [9.17, 15) is 23.2 Å². The van der Waals surface area contributed by atoms with Gasteiger partial charge in [-0.15, -0.1) is 0 Å². The second kappa shape index (κ2) is 7.70. The molecule has 0 saturated carbocycles. The molecule has 132 valence electrons. The summed E-state index contributed by atoms with van der Waals surface area (Å²) in [6.07, 6.45) is -1.59. The molecule has 1 heterocycles. The fourth-order valence-electron chi connectivity index (χ4n) is 2.54. The summed E-state index contributed by atoms with van der Waals surface area (Å²) in [5, 5.41) is 8.42. The molecule has 1 aliphatic rings. The number of carboxylic acid groups (broad SMARTS) is 1. The van der Waals surface area contributed by atoms with Crippen molar-refractivity contribution < 1.29 is 28.3 Å². The molecular formula is C15H24F2N2O4. The Morgan fingerprint density at radius 2 is 1.74 bits per heavy atom. The maximum absolute atomic E-state index is 13.4. The van der Waals surface area contributed by atoms with Crippen LogP contribution in [0.25, 0.3) is 0 Å². The summed E-state index contributed by atoms with van der Waals surface area (Å²) in [7, 11) is 1.72. The number of alkyl halides is 2. The van der Waals surface area contributed by atoms with Crippen molar-refractivity contribution in [1.82, 2.24) is 9.80 Å². The highest BCUT2D eigenvalue weighted by Gasteiger charge is 2.38. The molecular weight excluding hydrogens is 310 g/mol. The highest BCUT2D eigenvalue weighted by Crippen LogP contribution is 2.26. The Bertz CT molecular complexity index is 460. The minimum atomic E-state index is -3.55. The number of amides is 2. The number of carbonyl (C=O) groups excluding carboxylic acids is 2. The summed E-state index contributed by atoms with van der Waals surface area (Å²) in [5.41, 5.74) is 0. The van der Waals surface area contributed by atoms with E-state index in [1.807, 2.05) is 13.8 Å². The molecule has 6 nitrogen and oxygen atoms in total. The lowest BCUT2D eigenvalue weighted by molar-refractivity contribution is -0.151. The number of hydrogen-bond acceptors (Lipinski definition) is 3. The predicted molar refractivity (Wildman–Crippen MR) is 79.0 cm³/mol. The highest BCUT2D eigenvalue weighted by molar-refractivity contribution is 5.81. The molecule has 0 bridgehead atoms. The summed E-state index contributed by atoms with van der Waals surface area (Å²) in [4.78, 5) is 37.4. The van der Waals surface area contributed by atoms with Crippen LogP contribution in [0.1, 0.15) is 39.5 Å². The maximum atomic E-state index is 13.4. The normalized spacial score (nSPS) is 16.5. The Balaban J connectivity index is 2.51. The third kappa shape index (κ3) is 5.76. The first-order valence-corrected chi connectivity index (χ1v) is 7.67. The van der Waals surface area contributed by atoms with E-state index in [1.54, 1.807) is 11.9 Å². The van der Waals surface area contributed by atoms with Crippen LogP contribution < -0.4 is 0 Å². The van der Waals surface area contributed by atoms with Crippen molar-refractivity contribution in [2.24, 2.45) is 5.92 Å². The second-order valence-corrected chi connectivity index (χ2v) is 6.30. The monoisotopic (exact) mass is 334 g/mol. The lowest BCUT2D eigenvalue weighted by Gasteiger charge is -2.34. The van der Waals surface area contributed by atoms with Crippen molar-refractivity contribution in [2.75, 3.05) is 20.1 Å². The first-order chi connectivity index (χ1) is 10.5. The van der Waals surface area contributed by atoms with Gasteiger partial charge in [0.1, 0.15) is 6.42 Å². The predicted octanol–water partition coefficient (Wildman–Crippen LogP) is 1.59. The molecule has 1 saturated heterocycles. The fraction of sp³-hybridized carbons (Fsp3) is 0.800. The van der Waals surface area contributed by atoms with Crippen LogP contribution in [-0.2, 0) is 14.4 Å². The number of piperidine rings is 1. The largest absolute Gasteiger partial charge is 0.481 e. The molecule has 8 heteroatoms. The van der Waals surface area contributed by atoms with E-state index in [1.165, 1.54) is 4.90 Å². The summed E-state index contributed by atoms with van der Waals surface area (Å²) in [6, 6.07) is 0.0804. The molecule has 0 spiro atoms. The number of hydrogen-bond donors (Lipinski definition) is 1. The molecule has 0 radical (unpaired) electrons. The van der Waals surface area contributed by atoms with Gasteiger partial charge in [0, 0.05) is 32.1 Å². The van der Waals surface area contributed by atoms with Gasteiger partial charge in [0.05, 0.1) is 6.42 Å². The Labute approximate surface area is 134 Å². The molecule has 2 amide bonds. The molecule has 0 aromatic rings. The van der Waals surface area contributed by atoms with E-state index in [0.717, 1.165) is 0 Å². The average molecular weight is 334 g/mol. The number of aliphatic carboxylic acids is 1. The van der Waals surface area contributed by atoms with Crippen molar-refractivity contribution in [2.45, 2.75) is 51.5 Å². The summed E-state index contributed by atoms with van der Waals surface area (Å²) in [5.74, 6) is -6.15. The van der Waals surface area contributed by atoms with Crippen LogP contribution in [-0.4, -0.2) is 64.8 Å². The van der Waals surface area contributed by atoms with Crippen LogP contribution in [0.4, 0.5) is 8.78 Å². The van der Waals surface area contributed by atoms with Crippen LogP contribution in [0.2, 0.25) is 0 Å². The zero-order chi connectivity index (χ0) is 17.8.